The van der Waals surface area contributed by atoms with Gasteiger partial charge in [-0.05, 0) is 37.1 Å². The largest absolute Gasteiger partial charge is 0.277 e. The molecule has 0 spiro atoms. The molecular formula is C43H26N4S2. The summed E-state index contributed by atoms with van der Waals surface area (Å²) in [6.07, 6.45) is 8.61. The zero-order chi connectivity index (χ0) is 32.1. The van der Waals surface area contributed by atoms with E-state index in [2.05, 4.69) is 120 Å². The molecule has 1 aliphatic carbocycles. The van der Waals surface area contributed by atoms with E-state index in [4.69, 9.17) is 15.0 Å². The number of para-hydroxylation sites is 1. The summed E-state index contributed by atoms with van der Waals surface area (Å²) in [5.74, 6) is 2.00. The van der Waals surface area contributed by atoms with Gasteiger partial charge in [-0.3, -0.25) is 4.57 Å². The summed E-state index contributed by atoms with van der Waals surface area (Å²) in [5, 5.41) is 10.2. The van der Waals surface area contributed by atoms with Gasteiger partial charge in [-0.1, -0.05) is 109 Å². The van der Waals surface area contributed by atoms with Crippen molar-refractivity contribution in [3.63, 3.8) is 0 Å². The Kier molecular flexibility index (Phi) is 5.79. The quantitative estimate of drug-likeness (QED) is 0.189. The highest BCUT2D eigenvalue weighted by Crippen LogP contribution is 2.51. The Balaban J connectivity index is 1.38. The molecule has 49 heavy (non-hydrogen) atoms. The fourth-order valence-corrected chi connectivity index (χ4v) is 10.1. The van der Waals surface area contributed by atoms with Crippen LogP contribution in [-0.2, 0) is 0 Å². The molecule has 1 aliphatic rings. The third-order valence-corrected chi connectivity index (χ3v) is 12.2. The molecule has 0 radical (unpaired) electrons. The summed E-state index contributed by atoms with van der Waals surface area (Å²) in [6, 6.07) is 41.4. The topological polar surface area (TPSA) is 43.6 Å². The van der Waals surface area contributed by atoms with Crippen molar-refractivity contribution >= 4 is 101 Å². The lowest BCUT2D eigenvalue weighted by molar-refractivity contribution is 0.929. The van der Waals surface area contributed by atoms with Crippen LogP contribution < -0.4 is 0 Å². The van der Waals surface area contributed by atoms with Crippen molar-refractivity contribution in [1.82, 2.24) is 19.5 Å². The van der Waals surface area contributed by atoms with E-state index in [0.717, 1.165) is 35.0 Å². The van der Waals surface area contributed by atoms with Crippen LogP contribution in [0.3, 0.4) is 0 Å². The lowest BCUT2D eigenvalue weighted by atomic mass is 9.96. The smallest absolute Gasteiger partial charge is 0.238 e. The average Bonchev–Trinajstić information content (AvgIpc) is 3.85. The Hall–Kier alpha value is -5.69. The SMILES string of the molecule is C1=CC(c2nc(-c3ccccc3)nc(-n3c4ccccc4c4c5sc6ccccc6c5c5c(ccc6sc7ccccc7c65)c43)n2)=CCC1. The van der Waals surface area contributed by atoms with Gasteiger partial charge in [0.05, 0.1) is 11.0 Å². The van der Waals surface area contributed by atoms with Gasteiger partial charge >= 0.3 is 0 Å². The molecule has 4 nitrogen and oxygen atoms in total. The predicted octanol–water partition coefficient (Wildman–Crippen LogP) is 12.3. The molecule has 0 fully saturated rings. The summed E-state index contributed by atoms with van der Waals surface area (Å²) in [7, 11) is 0. The first kappa shape index (κ1) is 27.3. The van der Waals surface area contributed by atoms with Crippen LogP contribution in [0.2, 0.25) is 0 Å². The number of rotatable bonds is 3. The highest BCUT2D eigenvalue weighted by atomic mass is 32.1. The van der Waals surface area contributed by atoms with Gasteiger partial charge in [0.15, 0.2) is 11.6 Å². The number of fused-ring (bicyclic) bond motifs is 14. The van der Waals surface area contributed by atoms with Gasteiger partial charge in [0, 0.05) is 73.0 Å². The van der Waals surface area contributed by atoms with E-state index < -0.39 is 0 Å². The Morgan fingerprint density at radius 3 is 2.04 bits per heavy atom. The molecule has 0 unspecified atom stereocenters. The minimum absolute atomic E-state index is 0.631. The van der Waals surface area contributed by atoms with Gasteiger partial charge in [-0.2, -0.15) is 9.97 Å². The Morgan fingerprint density at radius 1 is 0.510 bits per heavy atom. The van der Waals surface area contributed by atoms with Crippen LogP contribution in [-0.4, -0.2) is 19.5 Å². The number of allylic oxidation sites excluding steroid dienone is 4. The zero-order valence-electron chi connectivity index (χ0n) is 26.2. The second-order valence-electron chi connectivity index (χ2n) is 12.6. The van der Waals surface area contributed by atoms with E-state index in [0.29, 0.717) is 17.6 Å². The van der Waals surface area contributed by atoms with E-state index >= 15 is 0 Å². The van der Waals surface area contributed by atoms with E-state index in [1.54, 1.807) is 0 Å². The number of benzene rings is 6. The second-order valence-corrected chi connectivity index (χ2v) is 14.8. The third-order valence-electron chi connectivity index (χ3n) is 9.85. The average molecular weight is 663 g/mol. The number of hydrogen-bond donors (Lipinski definition) is 0. The predicted molar refractivity (Wildman–Crippen MR) is 209 cm³/mol. The minimum Gasteiger partial charge on any atom is -0.277 e. The third kappa shape index (κ3) is 3.93. The fraction of sp³-hybridized carbons (Fsp3) is 0.0465. The van der Waals surface area contributed by atoms with Gasteiger partial charge in [0.1, 0.15) is 0 Å². The normalized spacial score (nSPS) is 13.6. The molecular weight excluding hydrogens is 637 g/mol. The van der Waals surface area contributed by atoms with Gasteiger partial charge < -0.3 is 0 Å². The molecule has 0 saturated carbocycles. The molecule has 0 atom stereocenters. The first-order chi connectivity index (χ1) is 24.3. The number of thiophene rings is 2. The van der Waals surface area contributed by atoms with Crippen molar-refractivity contribution in [3.05, 3.63) is 139 Å². The molecule has 11 rings (SSSR count). The van der Waals surface area contributed by atoms with Crippen molar-refractivity contribution in [2.45, 2.75) is 12.8 Å². The summed E-state index contributed by atoms with van der Waals surface area (Å²) in [5.41, 5.74) is 4.23. The molecule has 6 aromatic carbocycles. The molecule has 0 amide bonds. The van der Waals surface area contributed by atoms with E-state index in [9.17, 15) is 0 Å². The lowest BCUT2D eigenvalue weighted by Gasteiger charge is -2.14. The second kappa shape index (κ2) is 10.4. The van der Waals surface area contributed by atoms with E-state index in [1.807, 2.05) is 40.9 Å². The summed E-state index contributed by atoms with van der Waals surface area (Å²) >= 11 is 3.76. The standard InChI is InChI=1S/C43H26N4S2/c1-3-13-25(14-4-1)41-44-42(26-15-5-2-6-16-26)46-43(45-41)47-31-20-10-7-17-27(31)38-39(47)30-23-24-34-35(28-18-8-11-21-32(28)48-34)36(30)37-29-19-9-12-22-33(29)49-40(37)38/h1,3-5,7-24H,2,6H2. The molecule has 0 aliphatic heterocycles. The number of nitrogens with zero attached hydrogens (tertiary/aromatic N) is 4. The lowest BCUT2D eigenvalue weighted by Crippen LogP contribution is -2.08. The highest BCUT2D eigenvalue weighted by molar-refractivity contribution is 7.27. The van der Waals surface area contributed by atoms with Crippen LogP contribution in [0.15, 0.2) is 133 Å². The molecule has 6 heteroatoms. The molecule has 0 saturated heterocycles. The van der Waals surface area contributed by atoms with Crippen LogP contribution >= 0.6 is 22.7 Å². The summed E-state index contributed by atoms with van der Waals surface area (Å²) in [6.45, 7) is 0. The Morgan fingerprint density at radius 2 is 1.22 bits per heavy atom. The maximum Gasteiger partial charge on any atom is 0.238 e. The van der Waals surface area contributed by atoms with Gasteiger partial charge in [-0.15, -0.1) is 22.7 Å². The number of aromatic nitrogens is 4. The summed E-state index contributed by atoms with van der Waals surface area (Å²) in [4.78, 5) is 15.6. The Bertz CT molecular complexity index is 3050. The van der Waals surface area contributed by atoms with E-state index in [1.165, 1.54) is 61.9 Å². The van der Waals surface area contributed by atoms with Gasteiger partial charge in [-0.25, -0.2) is 4.98 Å². The first-order valence-electron chi connectivity index (χ1n) is 16.6. The minimum atomic E-state index is 0.631. The maximum atomic E-state index is 5.28. The molecule has 230 valence electrons. The maximum absolute atomic E-state index is 5.28. The zero-order valence-corrected chi connectivity index (χ0v) is 27.9. The van der Waals surface area contributed by atoms with Gasteiger partial charge in [0.25, 0.3) is 0 Å². The van der Waals surface area contributed by atoms with Crippen LogP contribution in [0.5, 0.6) is 0 Å². The van der Waals surface area contributed by atoms with Crippen molar-refractivity contribution in [2.24, 2.45) is 0 Å². The van der Waals surface area contributed by atoms with Crippen molar-refractivity contribution < 1.29 is 0 Å². The monoisotopic (exact) mass is 662 g/mol. The van der Waals surface area contributed by atoms with E-state index in [-0.39, 0.29) is 0 Å². The van der Waals surface area contributed by atoms with Crippen molar-refractivity contribution in [1.29, 1.82) is 0 Å². The van der Waals surface area contributed by atoms with Crippen molar-refractivity contribution in [3.8, 4) is 17.3 Å². The van der Waals surface area contributed by atoms with Crippen LogP contribution in [0.1, 0.15) is 18.7 Å². The molecule has 4 aromatic heterocycles. The van der Waals surface area contributed by atoms with Crippen molar-refractivity contribution in [2.75, 3.05) is 0 Å². The summed E-state index contributed by atoms with van der Waals surface area (Å²) < 4.78 is 7.52. The van der Waals surface area contributed by atoms with Gasteiger partial charge in [0.2, 0.25) is 5.95 Å². The molecule has 10 aromatic rings. The molecule has 0 N–H and O–H groups in total. The molecule has 4 heterocycles. The first-order valence-corrected chi connectivity index (χ1v) is 18.2. The Labute approximate surface area is 288 Å². The van der Waals surface area contributed by atoms with Crippen LogP contribution in [0, 0.1) is 0 Å². The van der Waals surface area contributed by atoms with Crippen LogP contribution in [0.25, 0.3) is 95.8 Å². The fourth-order valence-electron chi connectivity index (χ4n) is 7.77. The highest BCUT2D eigenvalue weighted by Gasteiger charge is 2.25. The molecule has 0 bridgehead atoms. The van der Waals surface area contributed by atoms with Crippen LogP contribution in [0.4, 0.5) is 0 Å². The number of hydrogen-bond acceptors (Lipinski definition) is 5.